The Bertz CT molecular complexity index is 408. The van der Waals surface area contributed by atoms with Gasteiger partial charge in [0.1, 0.15) is 16.7 Å². The van der Waals surface area contributed by atoms with Gasteiger partial charge in [-0.1, -0.05) is 11.6 Å². The van der Waals surface area contributed by atoms with E-state index < -0.39 is 0 Å². The summed E-state index contributed by atoms with van der Waals surface area (Å²) in [6.45, 7) is 0. The van der Waals surface area contributed by atoms with Crippen LogP contribution in [0.15, 0.2) is 30.5 Å². The molecule has 4 heteroatoms. The molecule has 0 unspecified atom stereocenters. The van der Waals surface area contributed by atoms with Gasteiger partial charge in [0.2, 0.25) is 0 Å². The van der Waals surface area contributed by atoms with Crippen molar-refractivity contribution in [2.75, 3.05) is 0 Å². The SMILES string of the molecule is Oc1ccc(-c2nc(Cl)c[nH]2)cc1. The minimum Gasteiger partial charge on any atom is -0.508 e. The van der Waals surface area contributed by atoms with Crippen molar-refractivity contribution in [1.29, 1.82) is 0 Å². The van der Waals surface area contributed by atoms with Crippen LogP contribution >= 0.6 is 11.6 Å². The number of aromatic amines is 1. The van der Waals surface area contributed by atoms with Gasteiger partial charge in [0.25, 0.3) is 0 Å². The van der Waals surface area contributed by atoms with Crippen molar-refractivity contribution in [3.8, 4) is 17.1 Å². The van der Waals surface area contributed by atoms with E-state index in [1.165, 1.54) is 0 Å². The molecule has 3 nitrogen and oxygen atoms in total. The zero-order chi connectivity index (χ0) is 9.26. The first-order chi connectivity index (χ1) is 6.25. The normalized spacial score (nSPS) is 10.2. The minimum atomic E-state index is 0.237. The molecule has 2 N–H and O–H groups in total. The summed E-state index contributed by atoms with van der Waals surface area (Å²) in [7, 11) is 0. The van der Waals surface area contributed by atoms with Crippen molar-refractivity contribution in [2.24, 2.45) is 0 Å². The summed E-state index contributed by atoms with van der Waals surface area (Å²) in [5, 5.41) is 9.49. The highest BCUT2D eigenvalue weighted by Gasteiger charge is 2.01. The van der Waals surface area contributed by atoms with E-state index in [0.717, 1.165) is 5.56 Å². The predicted octanol–water partition coefficient (Wildman–Crippen LogP) is 2.44. The third kappa shape index (κ3) is 1.65. The number of benzene rings is 1. The summed E-state index contributed by atoms with van der Waals surface area (Å²) in [5.41, 5.74) is 0.893. The summed E-state index contributed by atoms with van der Waals surface area (Å²) in [4.78, 5) is 6.96. The number of aromatic hydroxyl groups is 1. The Morgan fingerprint density at radius 3 is 2.46 bits per heavy atom. The van der Waals surface area contributed by atoms with Crippen LogP contribution < -0.4 is 0 Å². The van der Waals surface area contributed by atoms with Crippen molar-refractivity contribution in [3.63, 3.8) is 0 Å². The molecule has 13 heavy (non-hydrogen) atoms. The largest absolute Gasteiger partial charge is 0.508 e. The standard InChI is InChI=1S/C9H7ClN2O/c10-8-5-11-9(12-8)6-1-3-7(13)4-2-6/h1-5,13H,(H,11,12). The van der Waals surface area contributed by atoms with Crippen molar-refractivity contribution in [3.05, 3.63) is 35.6 Å². The van der Waals surface area contributed by atoms with Crippen LogP contribution in [0.5, 0.6) is 5.75 Å². The van der Waals surface area contributed by atoms with Gasteiger partial charge in [0.15, 0.2) is 0 Å². The number of halogens is 1. The summed E-state index contributed by atoms with van der Waals surface area (Å²) in [6.07, 6.45) is 1.61. The molecular formula is C9H7ClN2O. The van der Waals surface area contributed by atoms with E-state index in [9.17, 15) is 0 Å². The van der Waals surface area contributed by atoms with Crippen LogP contribution in [0.1, 0.15) is 0 Å². The predicted molar refractivity (Wildman–Crippen MR) is 50.7 cm³/mol. The highest BCUT2D eigenvalue weighted by atomic mass is 35.5. The van der Waals surface area contributed by atoms with Gasteiger partial charge in [-0.15, -0.1) is 0 Å². The van der Waals surface area contributed by atoms with Crippen LogP contribution in [-0.2, 0) is 0 Å². The first-order valence-electron chi connectivity index (χ1n) is 3.76. The van der Waals surface area contributed by atoms with Crippen LogP contribution in [-0.4, -0.2) is 15.1 Å². The zero-order valence-electron chi connectivity index (χ0n) is 6.66. The van der Waals surface area contributed by atoms with E-state index >= 15 is 0 Å². The molecule has 2 rings (SSSR count). The number of hydrogen-bond acceptors (Lipinski definition) is 2. The molecular weight excluding hydrogens is 188 g/mol. The Labute approximate surface area is 80.0 Å². The van der Waals surface area contributed by atoms with Crippen LogP contribution in [0.2, 0.25) is 5.15 Å². The molecule has 1 aromatic carbocycles. The summed E-state index contributed by atoms with van der Waals surface area (Å²) >= 11 is 5.65. The molecule has 0 radical (unpaired) electrons. The molecule has 0 spiro atoms. The summed E-state index contributed by atoms with van der Waals surface area (Å²) in [6, 6.07) is 6.74. The Morgan fingerprint density at radius 2 is 1.92 bits per heavy atom. The van der Waals surface area contributed by atoms with E-state index in [0.29, 0.717) is 11.0 Å². The van der Waals surface area contributed by atoms with E-state index in [2.05, 4.69) is 9.97 Å². The second-order valence-electron chi connectivity index (χ2n) is 2.62. The maximum Gasteiger partial charge on any atom is 0.147 e. The summed E-state index contributed by atoms with van der Waals surface area (Å²) < 4.78 is 0. The minimum absolute atomic E-state index is 0.237. The lowest BCUT2D eigenvalue weighted by atomic mass is 10.2. The first kappa shape index (κ1) is 8.13. The Hall–Kier alpha value is -1.48. The fourth-order valence-corrected chi connectivity index (χ4v) is 1.21. The average Bonchev–Trinajstić information content (AvgIpc) is 2.53. The number of rotatable bonds is 1. The fraction of sp³-hybridized carbons (Fsp3) is 0. The molecule has 1 heterocycles. The molecule has 0 fully saturated rings. The van der Waals surface area contributed by atoms with Gasteiger partial charge in [-0.2, -0.15) is 0 Å². The second kappa shape index (κ2) is 3.11. The van der Waals surface area contributed by atoms with E-state index in [1.54, 1.807) is 30.5 Å². The van der Waals surface area contributed by atoms with Gasteiger partial charge in [0, 0.05) is 11.8 Å². The van der Waals surface area contributed by atoms with Crippen molar-refractivity contribution in [2.45, 2.75) is 0 Å². The third-order valence-electron chi connectivity index (χ3n) is 1.69. The highest BCUT2D eigenvalue weighted by molar-refractivity contribution is 6.29. The first-order valence-corrected chi connectivity index (χ1v) is 4.14. The quantitative estimate of drug-likeness (QED) is 0.733. The van der Waals surface area contributed by atoms with Gasteiger partial charge < -0.3 is 10.1 Å². The zero-order valence-corrected chi connectivity index (χ0v) is 7.42. The van der Waals surface area contributed by atoms with Crippen LogP contribution in [0.4, 0.5) is 0 Å². The molecule has 0 aliphatic carbocycles. The highest BCUT2D eigenvalue weighted by Crippen LogP contribution is 2.19. The maximum absolute atomic E-state index is 9.05. The molecule has 1 aromatic heterocycles. The monoisotopic (exact) mass is 194 g/mol. The Balaban J connectivity index is 2.41. The number of phenolic OH excluding ortho intramolecular Hbond substituents is 1. The number of phenols is 1. The summed E-state index contributed by atoms with van der Waals surface area (Å²) in [5.74, 6) is 0.936. The van der Waals surface area contributed by atoms with E-state index in [4.69, 9.17) is 16.7 Å². The number of hydrogen-bond donors (Lipinski definition) is 2. The number of imidazole rings is 1. The second-order valence-corrected chi connectivity index (χ2v) is 3.01. The van der Waals surface area contributed by atoms with Crippen molar-refractivity contribution in [1.82, 2.24) is 9.97 Å². The molecule has 0 amide bonds. The molecule has 0 bridgehead atoms. The third-order valence-corrected chi connectivity index (χ3v) is 1.88. The molecule has 0 saturated carbocycles. The Kier molecular flexibility index (Phi) is 1.94. The van der Waals surface area contributed by atoms with Crippen molar-refractivity contribution < 1.29 is 5.11 Å². The van der Waals surface area contributed by atoms with Gasteiger partial charge >= 0.3 is 0 Å². The lowest BCUT2D eigenvalue weighted by Crippen LogP contribution is -1.78. The molecule has 0 atom stereocenters. The fourth-order valence-electron chi connectivity index (χ4n) is 1.07. The van der Waals surface area contributed by atoms with Crippen LogP contribution in [0.25, 0.3) is 11.4 Å². The number of aromatic nitrogens is 2. The molecule has 2 aromatic rings. The number of H-pyrrole nitrogens is 1. The Morgan fingerprint density at radius 1 is 1.23 bits per heavy atom. The molecule has 0 aliphatic heterocycles. The van der Waals surface area contributed by atoms with E-state index in [-0.39, 0.29) is 5.75 Å². The topological polar surface area (TPSA) is 48.9 Å². The number of nitrogens with one attached hydrogen (secondary N) is 1. The number of nitrogens with zero attached hydrogens (tertiary/aromatic N) is 1. The van der Waals surface area contributed by atoms with Gasteiger partial charge in [0.05, 0.1) is 0 Å². The van der Waals surface area contributed by atoms with Gasteiger partial charge in [-0.05, 0) is 24.3 Å². The molecule has 66 valence electrons. The lowest BCUT2D eigenvalue weighted by molar-refractivity contribution is 0.475. The van der Waals surface area contributed by atoms with Gasteiger partial charge in [-0.3, -0.25) is 0 Å². The van der Waals surface area contributed by atoms with Crippen LogP contribution in [0, 0.1) is 0 Å². The molecule has 0 aliphatic rings. The maximum atomic E-state index is 9.05. The van der Waals surface area contributed by atoms with Crippen LogP contribution in [0.3, 0.4) is 0 Å². The van der Waals surface area contributed by atoms with Crippen molar-refractivity contribution >= 4 is 11.6 Å². The average molecular weight is 195 g/mol. The molecule has 0 saturated heterocycles. The smallest absolute Gasteiger partial charge is 0.147 e. The van der Waals surface area contributed by atoms with Gasteiger partial charge in [-0.25, -0.2) is 4.98 Å². The lowest BCUT2D eigenvalue weighted by Gasteiger charge is -1.95. The van der Waals surface area contributed by atoms with E-state index in [1.807, 2.05) is 0 Å².